The van der Waals surface area contributed by atoms with Gasteiger partial charge in [0.2, 0.25) is 0 Å². The first kappa shape index (κ1) is 18.2. The highest BCUT2D eigenvalue weighted by atomic mass is 14.9. The van der Waals surface area contributed by atoms with Crippen LogP contribution in [0, 0.1) is 0 Å². The summed E-state index contributed by atoms with van der Waals surface area (Å²) in [6.45, 7) is 5.65. The molecule has 21 heavy (non-hydrogen) atoms. The normalized spacial score (nSPS) is 12.5. The number of aromatic nitrogens is 1. The molecule has 0 amide bonds. The quantitative estimate of drug-likeness (QED) is 0.509. The van der Waals surface area contributed by atoms with Gasteiger partial charge >= 0.3 is 0 Å². The summed E-state index contributed by atoms with van der Waals surface area (Å²) in [7, 11) is 0. The van der Waals surface area contributed by atoms with Gasteiger partial charge in [0.15, 0.2) is 0 Å². The van der Waals surface area contributed by atoms with Gasteiger partial charge in [-0.05, 0) is 43.5 Å². The highest BCUT2D eigenvalue weighted by Crippen LogP contribution is 2.12. The first-order valence-corrected chi connectivity index (χ1v) is 8.99. The summed E-state index contributed by atoms with van der Waals surface area (Å²) in [6.07, 6.45) is 17.2. The lowest BCUT2D eigenvalue weighted by Crippen LogP contribution is -2.31. The molecule has 1 unspecified atom stereocenters. The van der Waals surface area contributed by atoms with E-state index in [2.05, 4.69) is 36.3 Å². The molecular weight excluding hydrogens is 256 g/mol. The lowest BCUT2D eigenvalue weighted by atomic mass is 10.00. The van der Waals surface area contributed by atoms with Crippen molar-refractivity contribution in [3.63, 3.8) is 0 Å². The van der Waals surface area contributed by atoms with Crippen LogP contribution >= 0.6 is 0 Å². The van der Waals surface area contributed by atoms with Crippen molar-refractivity contribution in [3.05, 3.63) is 30.1 Å². The summed E-state index contributed by atoms with van der Waals surface area (Å²) in [5, 5.41) is 3.71. The van der Waals surface area contributed by atoms with Crippen LogP contribution in [-0.2, 0) is 6.42 Å². The number of unbranched alkanes of at least 4 members (excludes halogenated alkanes) is 6. The lowest BCUT2D eigenvalue weighted by molar-refractivity contribution is 0.449. The van der Waals surface area contributed by atoms with Crippen LogP contribution in [-0.4, -0.2) is 17.6 Å². The molecule has 0 aromatic carbocycles. The number of hydrogen-bond acceptors (Lipinski definition) is 2. The molecule has 0 aliphatic rings. The second-order valence-electron chi connectivity index (χ2n) is 6.12. The minimum Gasteiger partial charge on any atom is -0.314 e. The zero-order chi connectivity index (χ0) is 15.2. The molecule has 0 aliphatic heterocycles. The van der Waals surface area contributed by atoms with Crippen molar-refractivity contribution in [3.8, 4) is 0 Å². The van der Waals surface area contributed by atoms with Crippen LogP contribution in [0.25, 0.3) is 0 Å². The topological polar surface area (TPSA) is 24.9 Å². The Bertz CT molecular complexity index is 324. The molecule has 2 nitrogen and oxygen atoms in total. The summed E-state index contributed by atoms with van der Waals surface area (Å²) in [4.78, 5) is 4.11. The van der Waals surface area contributed by atoms with E-state index in [0.717, 1.165) is 13.0 Å². The third kappa shape index (κ3) is 9.62. The molecule has 1 aromatic rings. The molecule has 1 heterocycles. The molecule has 2 heteroatoms. The van der Waals surface area contributed by atoms with Crippen LogP contribution in [0.15, 0.2) is 24.5 Å². The maximum Gasteiger partial charge on any atom is 0.0270 e. The number of nitrogens with zero attached hydrogens (tertiary/aromatic N) is 1. The van der Waals surface area contributed by atoms with E-state index < -0.39 is 0 Å². The first-order valence-electron chi connectivity index (χ1n) is 8.99. The molecule has 1 atom stereocenters. The van der Waals surface area contributed by atoms with Crippen molar-refractivity contribution in [2.45, 2.75) is 84.1 Å². The second-order valence-corrected chi connectivity index (χ2v) is 6.12. The van der Waals surface area contributed by atoms with Gasteiger partial charge in [0, 0.05) is 18.4 Å². The minimum absolute atomic E-state index is 0.628. The van der Waals surface area contributed by atoms with Crippen molar-refractivity contribution in [1.29, 1.82) is 0 Å². The largest absolute Gasteiger partial charge is 0.314 e. The summed E-state index contributed by atoms with van der Waals surface area (Å²) in [6, 6.07) is 4.92. The van der Waals surface area contributed by atoms with Crippen molar-refractivity contribution in [1.82, 2.24) is 10.3 Å². The summed E-state index contributed by atoms with van der Waals surface area (Å²) in [5.74, 6) is 0. The van der Waals surface area contributed by atoms with Gasteiger partial charge in [0.25, 0.3) is 0 Å². The van der Waals surface area contributed by atoms with E-state index in [4.69, 9.17) is 0 Å². The lowest BCUT2D eigenvalue weighted by Gasteiger charge is -2.18. The zero-order valence-electron chi connectivity index (χ0n) is 14.1. The fraction of sp³-hybridized carbons (Fsp3) is 0.737. The van der Waals surface area contributed by atoms with Crippen LogP contribution < -0.4 is 5.32 Å². The van der Waals surface area contributed by atoms with E-state index in [9.17, 15) is 0 Å². The molecule has 0 spiro atoms. The third-order valence-corrected chi connectivity index (χ3v) is 4.07. The average molecular weight is 290 g/mol. The molecular formula is C19H34N2. The molecule has 0 bridgehead atoms. The molecule has 1 rings (SSSR count). The Kier molecular flexibility index (Phi) is 11.1. The van der Waals surface area contributed by atoms with Crippen molar-refractivity contribution < 1.29 is 0 Å². The fourth-order valence-corrected chi connectivity index (χ4v) is 2.78. The number of nitrogens with one attached hydrogen (secondary N) is 1. The summed E-state index contributed by atoms with van der Waals surface area (Å²) in [5.41, 5.74) is 1.40. The van der Waals surface area contributed by atoms with E-state index in [-0.39, 0.29) is 0 Å². The van der Waals surface area contributed by atoms with Gasteiger partial charge < -0.3 is 5.32 Å². The van der Waals surface area contributed by atoms with Crippen molar-refractivity contribution >= 4 is 0 Å². The van der Waals surface area contributed by atoms with Crippen LogP contribution in [0.4, 0.5) is 0 Å². The molecule has 0 radical (unpaired) electrons. The van der Waals surface area contributed by atoms with Gasteiger partial charge in [-0.2, -0.15) is 0 Å². The highest BCUT2D eigenvalue weighted by Gasteiger charge is 2.08. The Balaban J connectivity index is 2.20. The molecule has 1 aromatic heterocycles. The number of hydrogen-bond donors (Lipinski definition) is 1. The summed E-state index contributed by atoms with van der Waals surface area (Å²) < 4.78 is 0. The SMILES string of the molecule is CCCCCCCCCC(Cc1ccncc1)NCCC. The standard InChI is InChI=1S/C19H34N2/c1-3-5-6-7-8-9-10-11-19(21-14-4-2)17-18-12-15-20-16-13-18/h12-13,15-16,19,21H,3-11,14,17H2,1-2H3. The zero-order valence-corrected chi connectivity index (χ0v) is 14.1. The van der Waals surface area contributed by atoms with E-state index in [1.54, 1.807) is 0 Å². The van der Waals surface area contributed by atoms with Gasteiger partial charge in [-0.3, -0.25) is 4.98 Å². The first-order chi connectivity index (χ1) is 10.4. The highest BCUT2D eigenvalue weighted by molar-refractivity contribution is 5.11. The fourth-order valence-electron chi connectivity index (χ4n) is 2.78. The van der Waals surface area contributed by atoms with Crippen LogP contribution in [0.1, 0.15) is 77.2 Å². The summed E-state index contributed by atoms with van der Waals surface area (Å²) >= 11 is 0. The van der Waals surface area contributed by atoms with E-state index >= 15 is 0 Å². The smallest absolute Gasteiger partial charge is 0.0270 e. The Labute approximate surface area is 131 Å². The Hall–Kier alpha value is -0.890. The molecule has 0 saturated heterocycles. The van der Waals surface area contributed by atoms with Crippen LogP contribution in [0.2, 0.25) is 0 Å². The Morgan fingerprint density at radius 1 is 0.905 bits per heavy atom. The Morgan fingerprint density at radius 3 is 2.24 bits per heavy atom. The number of rotatable bonds is 13. The maximum absolute atomic E-state index is 4.11. The number of pyridine rings is 1. The van der Waals surface area contributed by atoms with Gasteiger partial charge in [-0.15, -0.1) is 0 Å². The van der Waals surface area contributed by atoms with Gasteiger partial charge in [-0.25, -0.2) is 0 Å². The third-order valence-electron chi connectivity index (χ3n) is 4.07. The minimum atomic E-state index is 0.628. The van der Waals surface area contributed by atoms with Gasteiger partial charge in [-0.1, -0.05) is 58.8 Å². The van der Waals surface area contributed by atoms with Gasteiger partial charge in [0.1, 0.15) is 0 Å². The molecule has 120 valence electrons. The maximum atomic E-state index is 4.11. The predicted molar refractivity (Wildman–Crippen MR) is 92.6 cm³/mol. The van der Waals surface area contributed by atoms with Crippen molar-refractivity contribution in [2.24, 2.45) is 0 Å². The Morgan fingerprint density at radius 2 is 1.57 bits per heavy atom. The molecule has 0 fully saturated rings. The van der Waals surface area contributed by atoms with Crippen LogP contribution in [0.5, 0.6) is 0 Å². The second kappa shape index (κ2) is 12.8. The van der Waals surface area contributed by atoms with E-state index in [1.165, 1.54) is 63.4 Å². The predicted octanol–water partition coefficient (Wildman–Crippen LogP) is 5.13. The average Bonchev–Trinajstić information content (AvgIpc) is 2.52. The van der Waals surface area contributed by atoms with Crippen molar-refractivity contribution in [2.75, 3.05) is 6.54 Å². The molecule has 1 N–H and O–H groups in total. The van der Waals surface area contributed by atoms with Crippen LogP contribution in [0.3, 0.4) is 0 Å². The van der Waals surface area contributed by atoms with E-state index in [1.807, 2.05) is 12.4 Å². The van der Waals surface area contributed by atoms with E-state index in [0.29, 0.717) is 6.04 Å². The van der Waals surface area contributed by atoms with Gasteiger partial charge in [0.05, 0.1) is 0 Å². The monoisotopic (exact) mass is 290 g/mol. The molecule has 0 aliphatic carbocycles. The molecule has 0 saturated carbocycles.